The van der Waals surface area contributed by atoms with E-state index in [-0.39, 0.29) is 5.69 Å². The number of carbonyl (C=O) groups is 1. The first-order valence-corrected chi connectivity index (χ1v) is 7.72. The molecule has 0 aliphatic rings. The fourth-order valence-corrected chi connectivity index (χ4v) is 2.98. The third-order valence-corrected chi connectivity index (χ3v) is 4.28. The Morgan fingerprint density at radius 1 is 1.19 bits per heavy atom. The predicted octanol–water partition coefficient (Wildman–Crippen LogP) is 2.13. The lowest BCUT2D eigenvalue weighted by Gasteiger charge is -2.08. The molecule has 0 radical (unpaired) electrons. The molecule has 0 saturated carbocycles. The zero-order valence-corrected chi connectivity index (χ0v) is 13.9. The van der Waals surface area contributed by atoms with Crippen molar-refractivity contribution in [1.82, 2.24) is 24.8 Å². The topological polar surface area (TPSA) is 85.8 Å². The van der Waals surface area contributed by atoms with Gasteiger partial charge in [-0.2, -0.15) is 5.10 Å². The van der Waals surface area contributed by atoms with Crippen molar-refractivity contribution in [2.24, 2.45) is 0 Å². The van der Waals surface area contributed by atoms with Crippen LogP contribution >= 0.6 is 15.9 Å². The summed E-state index contributed by atoms with van der Waals surface area (Å²) in [5, 5.41) is 21.4. The van der Waals surface area contributed by atoms with Crippen molar-refractivity contribution in [2.75, 3.05) is 0 Å². The van der Waals surface area contributed by atoms with Gasteiger partial charge in [0.15, 0.2) is 5.69 Å². The van der Waals surface area contributed by atoms with Crippen LogP contribution in [0.2, 0.25) is 0 Å². The quantitative estimate of drug-likeness (QED) is 0.857. The van der Waals surface area contributed by atoms with E-state index in [0.29, 0.717) is 18.7 Å². The molecule has 1 N–H and O–H groups in total. The maximum Gasteiger partial charge on any atom is 0.358 e. The summed E-state index contributed by atoms with van der Waals surface area (Å²) < 4.78 is 4.50. The molecule has 0 amide bonds. The molecule has 0 atom stereocenters. The SMILES string of the molecule is CCc1nn(CC)c(Cn2nnc(C(=O)O)c2CC)c1Br. The maximum atomic E-state index is 11.1. The second-order valence-corrected chi connectivity index (χ2v) is 5.37. The van der Waals surface area contributed by atoms with Crippen LogP contribution < -0.4 is 0 Å². The number of hydrogen-bond acceptors (Lipinski definition) is 4. The molecule has 2 aromatic heterocycles. The van der Waals surface area contributed by atoms with Crippen molar-refractivity contribution >= 4 is 21.9 Å². The van der Waals surface area contributed by atoms with E-state index in [1.54, 1.807) is 4.68 Å². The first-order valence-electron chi connectivity index (χ1n) is 6.93. The molecule has 2 aromatic rings. The van der Waals surface area contributed by atoms with Crippen LogP contribution in [0.1, 0.15) is 48.3 Å². The van der Waals surface area contributed by atoms with Gasteiger partial charge >= 0.3 is 5.97 Å². The van der Waals surface area contributed by atoms with Crippen molar-refractivity contribution in [1.29, 1.82) is 0 Å². The zero-order chi connectivity index (χ0) is 15.6. The van der Waals surface area contributed by atoms with E-state index >= 15 is 0 Å². The van der Waals surface area contributed by atoms with Gasteiger partial charge in [0.05, 0.1) is 28.1 Å². The lowest BCUT2D eigenvalue weighted by molar-refractivity contribution is 0.0689. The molecule has 114 valence electrons. The third kappa shape index (κ3) is 2.85. The fourth-order valence-electron chi connectivity index (χ4n) is 2.29. The standard InChI is InChI=1S/C13H18BrN5O2/c1-4-8-11(14)10(18(6-3)16-8)7-19-9(5-2)12(13(20)21)15-17-19/h4-7H2,1-3H3,(H,20,21). The van der Waals surface area contributed by atoms with Crippen LogP contribution in [0.5, 0.6) is 0 Å². The largest absolute Gasteiger partial charge is 0.476 e. The van der Waals surface area contributed by atoms with Crippen LogP contribution in [-0.2, 0) is 25.9 Å². The van der Waals surface area contributed by atoms with Crippen LogP contribution in [0.4, 0.5) is 0 Å². The van der Waals surface area contributed by atoms with Gasteiger partial charge in [0, 0.05) is 6.54 Å². The number of nitrogens with zero attached hydrogens (tertiary/aromatic N) is 5. The van der Waals surface area contributed by atoms with Crippen LogP contribution in [0.25, 0.3) is 0 Å². The summed E-state index contributed by atoms with van der Waals surface area (Å²) >= 11 is 3.58. The van der Waals surface area contributed by atoms with Crippen molar-refractivity contribution in [3.05, 3.63) is 27.2 Å². The third-order valence-electron chi connectivity index (χ3n) is 3.37. The number of hydrogen-bond donors (Lipinski definition) is 1. The molecule has 21 heavy (non-hydrogen) atoms. The molecule has 0 spiro atoms. The van der Waals surface area contributed by atoms with Crippen LogP contribution in [0.3, 0.4) is 0 Å². The summed E-state index contributed by atoms with van der Waals surface area (Å²) in [6.45, 7) is 7.16. The minimum absolute atomic E-state index is 0.0203. The van der Waals surface area contributed by atoms with Gasteiger partial charge in [-0.3, -0.25) is 4.68 Å². The van der Waals surface area contributed by atoms with Crippen molar-refractivity contribution in [2.45, 2.75) is 46.7 Å². The maximum absolute atomic E-state index is 11.1. The molecular weight excluding hydrogens is 338 g/mol. The summed E-state index contributed by atoms with van der Waals surface area (Å²) in [6, 6.07) is 0. The molecule has 2 rings (SSSR count). The average Bonchev–Trinajstić information content (AvgIpc) is 3.01. The first-order chi connectivity index (χ1) is 10.0. The van der Waals surface area contributed by atoms with Crippen LogP contribution in [0, 0.1) is 0 Å². The first kappa shape index (κ1) is 15.7. The summed E-state index contributed by atoms with van der Waals surface area (Å²) in [5.41, 5.74) is 2.61. The number of aryl methyl sites for hydroxylation is 2. The number of carboxylic acid groups (broad SMARTS) is 1. The highest BCUT2D eigenvalue weighted by atomic mass is 79.9. The Hall–Kier alpha value is -1.70. The van der Waals surface area contributed by atoms with Crippen LogP contribution in [0.15, 0.2) is 4.47 Å². The van der Waals surface area contributed by atoms with Crippen molar-refractivity contribution in [3.63, 3.8) is 0 Å². The summed E-state index contributed by atoms with van der Waals surface area (Å²) in [6.07, 6.45) is 1.39. The Morgan fingerprint density at radius 2 is 1.90 bits per heavy atom. The predicted molar refractivity (Wildman–Crippen MR) is 80.4 cm³/mol. The molecule has 7 nitrogen and oxygen atoms in total. The molecular formula is C13H18BrN5O2. The Labute approximate surface area is 131 Å². The second kappa shape index (κ2) is 6.38. The highest BCUT2D eigenvalue weighted by molar-refractivity contribution is 9.10. The highest BCUT2D eigenvalue weighted by Crippen LogP contribution is 2.23. The number of aromatic carboxylic acids is 1. The molecule has 0 fully saturated rings. The van der Waals surface area contributed by atoms with Gasteiger partial charge in [-0.15, -0.1) is 5.10 Å². The Balaban J connectivity index is 2.43. The molecule has 0 bridgehead atoms. The lowest BCUT2D eigenvalue weighted by atomic mass is 10.2. The van der Waals surface area contributed by atoms with Gasteiger partial charge in [-0.1, -0.05) is 19.1 Å². The van der Waals surface area contributed by atoms with Gasteiger partial charge in [0.25, 0.3) is 0 Å². The molecule has 0 aliphatic carbocycles. The van der Waals surface area contributed by atoms with E-state index in [9.17, 15) is 4.79 Å². The molecule has 8 heteroatoms. The minimum atomic E-state index is -1.05. The fraction of sp³-hybridized carbons (Fsp3) is 0.538. The van der Waals surface area contributed by atoms with Gasteiger partial charge < -0.3 is 5.11 Å². The van der Waals surface area contributed by atoms with Crippen LogP contribution in [-0.4, -0.2) is 35.9 Å². The summed E-state index contributed by atoms with van der Waals surface area (Å²) in [7, 11) is 0. The molecule has 0 aliphatic heterocycles. The van der Waals surface area contributed by atoms with Gasteiger partial charge in [0.1, 0.15) is 0 Å². The van der Waals surface area contributed by atoms with E-state index in [0.717, 1.165) is 28.8 Å². The van der Waals surface area contributed by atoms with Crippen molar-refractivity contribution in [3.8, 4) is 0 Å². The van der Waals surface area contributed by atoms with E-state index in [2.05, 4.69) is 31.3 Å². The number of aromatic nitrogens is 5. The van der Waals surface area contributed by atoms with Crippen molar-refractivity contribution < 1.29 is 9.90 Å². The van der Waals surface area contributed by atoms with Gasteiger partial charge in [-0.25, -0.2) is 9.48 Å². The summed E-state index contributed by atoms with van der Waals surface area (Å²) in [4.78, 5) is 11.1. The smallest absolute Gasteiger partial charge is 0.358 e. The van der Waals surface area contributed by atoms with Gasteiger partial charge in [-0.05, 0) is 35.7 Å². The van der Waals surface area contributed by atoms with E-state index in [1.165, 1.54) is 0 Å². The second-order valence-electron chi connectivity index (χ2n) is 4.58. The highest BCUT2D eigenvalue weighted by Gasteiger charge is 2.20. The summed E-state index contributed by atoms with van der Waals surface area (Å²) in [5.74, 6) is -1.05. The zero-order valence-electron chi connectivity index (χ0n) is 12.3. The normalized spacial score (nSPS) is 11.0. The molecule has 0 saturated heterocycles. The monoisotopic (exact) mass is 355 g/mol. The number of halogens is 1. The van der Waals surface area contributed by atoms with Gasteiger partial charge in [0.2, 0.25) is 0 Å². The Bertz CT molecular complexity index is 662. The Kier molecular flexibility index (Phi) is 4.76. The molecule has 0 unspecified atom stereocenters. The number of carboxylic acids is 1. The Morgan fingerprint density at radius 3 is 2.43 bits per heavy atom. The number of rotatable bonds is 6. The minimum Gasteiger partial charge on any atom is -0.476 e. The molecule has 2 heterocycles. The van der Waals surface area contributed by atoms with E-state index in [4.69, 9.17) is 5.11 Å². The lowest BCUT2D eigenvalue weighted by Crippen LogP contribution is -2.12. The van der Waals surface area contributed by atoms with E-state index in [1.807, 2.05) is 25.5 Å². The van der Waals surface area contributed by atoms with E-state index < -0.39 is 5.97 Å². The molecule has 0 aromatic carbocycles. The average molecular weight is 356 g/mol.